The number of nitrogens with zero attached hydrogens (tertiary/aromatic N) is 1. The van der Waals surface area contributed by atoms with Gasteiger partial charge >= 0.3 is 0 Å². The molecule has 1 saturated carbocycles. The Morgan fingerprint density at radius 2 is 1.83 bits per heavy atom. The summed E-state index contributed by atoms with van der Waals surface area (Å²) in [7, 11) is 1.70. The molecule has 2 fully saturated rings. The Kier molecular flexibility index (Phi) is 6.13. The van der Waals surface area contributed by atoms with Gasteiger partial charge in [0.15, 0.2) is 0 Å². The van der Waals surface area contributed by atoms with Gasteiger partial charge in [-0.25, -0.2) is 0 Å². The molecule has 1 N–H and O–H groups in total. The van der Waals surface area contributed by atoms with Crippen molar-refractivity contribution in [1.29, 1.82) is 0 Å². The molecule has 3 rings (SSSR count). The zero-order chi connectivity index (χ0) is 16.8. The van der Waals surface area contributed by atoms with Crippen molar-refractivity contribution in [3.63, 3.8) is 0 Å². The second kappa shape index (κ2) is 8.52. The van der Waals surface area contributed by atoms with Gasteiger partial charge in [-0.05, 0) is 18.9 Å². The maximum Gasteiger partial charge on any atom is 0.226 e. The first-order chi connectivity index (χ1) is 11.8. The van der Waals surface area contributed by atoms with Crippen molar-refractivity contribution >= 4 is 5.91 Å². The molecule has 0 spiro atoms. The third kappa shape index (κ3) is 3.92. The van der Waals surface area contributed by atoms with Gasteiger partial charge in [-0.15, -0.1) is 0 Å². The number of carbonyl (C=O) groups is 1. The van der Waals surface area contributed by atoms with Crippen molar-refractivity contribution < 1.29 is 9.53 Å². The van der Waals surface area contributed by atoms with E-state index in [2.05, 4.69) is 16.3 Å². The Morgan fingerprint density at radius 3 is 2.58 bits per heavy atom. The number of methoxy groups -OCH3 is 1. The van der Waals surface area contributed by atoms with E-state index in [-0.39, 0.29) is 12.0 Å². The largest absolute Gasteiger partial charge is 0.496 e. The van der Waals surface area contributed by atoms with Gasteiger partial charge in [-0.1, -0.05) is 50.3 Å². The number of benzene rings is 1. The van der Waals surface area contributed by atoms with Crippen molar-refractivity contribution in [2.75, 3.05) is 26.7 Å². The van der Waals surface area contributed by atoms with E-state index >= 15 is 0 Å². The molecular weight excluding hydrogens is 300 g/mol. The van der Waals surface area contributed by atoms with Crippen LogP contribution in [0.15, 0.2) is 24.3 Å². The molecule has 1 saturated heterocycles. The summed E-state index contributed by atoms with van der Waals surface area (Å²) in [6, 6.07) is 8.18. The van der Waals surface area contributed by atoms with Crippen LogP contribution in [-0.2, 0) is 4.79 Å². The minimum atomic E-state index is 0.0767. The first-order valence-corrected chi connectivity index (χ1v) is 9.45. The Balaban J connectivity index is 1.79. The number of amides is 1. The summed E-state index contributed by atoms with van der Waals surface area (Å²) in [4.78, 5) is 15.4. The molecule has 1 amide bonds. The smallest absolute Gasteiger partial charge is 0.226 e. The van der Waals surface area contributed by atoms with E-state index in [0.717, 1.165) is 43.8 Å². The summed E-state index contributed by atoms with van der Waals surface area (Å²) in [6.45, 7) is 2.47. The van der Waals surface area contributed by atoms with Crippen molar-refractivity contribution in [2.45, 2.75) is 51.0 Å². The number of piperazine rings is 1. The van der Waals surface area contributed by atoms with E-state index in [0.29, 0.717) is 5.91 Å². The number of ether oxygens (including phenoxy) is 1. The quantitative estimate of drug-likeness (QED) is 0.922. The van der Waals surface area contributed by atoms with Crippen LogP contribution in [-0.4, -0.2) is 37.6 Å². The van der Waals surface area contributed by atoms with Crippen LogP contribution in [0, 0.1) is 5.92 Å². The molecule has 1 unspecified atom stereocenters. The molecule has 0 radical (unpaired) electrons. The van der Waals surface area contributed by atoms with Crippen molar-refractivity contribution in [3.8, 4) is 5.75 Å². The Morgan fingerprint density at radius 1 is 1.12 bits per heavy atom. The van der Waals surface area contributed by atoms with Crippen LogP contribution in [0.5, 0.6) is 5.75 Å². The lowest BCUT2D eigenvalue weighted by atomic mass is 9.89. The highest BCUT2D eigenvalue weighted by molar-refractivity contribution is 5.79. The van der Waals surface area contributed by atoms with Crippen LogP contribution in [0.2, 0.25) is 0 Å². The number of para-hydroxylation sites is 1. The van der Waals surface area contributed by atoms with Gasteiger partial charge in [0.25, 0.3) is 0 Å². The number of rotatable bonds is 3. The highest BCUT2D eigenvalue weighted by Gasteiger charge is 2.33. The number of carbonyl (C=O) groups excluding carboxylic acids is 1. The predicted molar refractivity (Wildman–Crippen MR) is 96.1 cm³/mol. The topological polar surface area (TPSA) is 41.6 Å². The fourth-order valence-corrected chi connectivity index (χ4v) is 4.13. The van der Waals surface area contributed by atoms with Gasteiger partial charge in [-0.3, -0.25) is 4.79 Å². The monoisotopic (exact) mass is 330 g/mol. The van der Waals surface area contributed by atoms with Crippen molar-refractivity contribution in [3.05, 3.63) is 29.8 Å². The van der Waals surface area contributed by atoms with E-state index in [1.807, 2.05) is 18.2 Å². The molecule has 0 aromatic heterocycles. The van der Waals surface area contributed by atoms with Gasteiger partial charge in [0.1, 0.15) is 5.75 Å². The third-order valence-electron chi connectivity index (χ3n) is 5.48. The fraction of sp³-hybridized carbons (Fsp3) is 0.650. The second-order valence-electron chi connectivity index (χ2n) is 7.04. The maximum absolute atomic E-state index is 13.3. The molecule has 2 aliphatic rings. The molecule has 1 aromatic rings. The Hall–Kier alpha value is -1.55. The summed E-state index contributed by atoms with van der Waals surface area (Å²) in [5.41, 5.74) is 1.12. The van der Waals surface area contributed by atoms with Crippen LogP contribution in [0.25, 0.3) is 0 Å². The van der Waals surface area contributed by atoms with Gasteiger partial charge in [-0.2, -0.15) is 0 Å². The molecule has 1 heterocycles. The minimum absolute atomic E-state index is 0.0767. The van der Waals surface area contributed by atoms with Crippen LogP contribution in [0.3, 0.4) is 0 Å². The van der Waals surface area contributed by atoms with E-state index in [9.17, 15) is 4.79 Å². The van der Waals surface area contributed by atoms with Crippen LogP contribution in [0.4, 0.5) is 0 Å². The standard InChI is InChI=1S/C20H30N2O2/c1-24-19-12-8-7-11-17(19)18-15-21-13-14-22(18)20(23)16-9-5-3-2-4-6-10-16/h7-8,11-12,16,18,21H,2-6,9-10,13-15H2,1H3. The SMILES string of the molecule is COc1ccccc1C1CNCCN1C(=O)C1CCCCCCC1. The molecule has 1 aromatic carbocycles. The van der Waals surface area contributed by atoms with Crippen LogP contribution in [0.1, 0.15) is 56.6 Å². The lowest BCUT2D eigenvalue weighted by Crippen LogP contribution is -2.50. The van der Waals surface area contributed by atoms with Gasteiger partial charge in [0.05, 0.1) is 13.2 Å². The zero-order valence-corrected chi connectivity index (χ0v) is 14.8. The molecule has 4 heteroatoms. The highest BCUT2D eigenvalue weighted by Crippen LogP contribution is 2.33. The molecule has 1 aliphatic carbocycles. The van der Waals surface area contributed by atoms with E-state index in [4.69, 9.17) is 4.74 Å². The average Bonchev–Trinajstić information content (AvgIpc) is 2.61. The number of nitrogens with one attached hydrogen (secondary N) is 1. The van der Waals surface area contributed by atoms with Gasteiger partial charge in [0, 0.05) is 31.1 Å². The molecule has 132 valence electrons. The molecule has 4 nitrogen and oxygen atoms in total. The molecule has 1 aliphatic heterocycles. The minimum Gasteiger partial charge on any atom is -0.496 e. The first-order valence-electron chi connectivity index (χ1n) is 9.45. The van der Waals surface area contributed by atoms with Crippen molar-refractivity contribution in [2.24, 2.45) is 5.92 Å². The van der Waals surface area contributed by atoms with E-state index < -0.39 is 0 Å². The summed E-state index contributed by atoms with van der Waals surface area (Å²) in [5.74, 6) is 1.44. The lowest BCUT2D eigenvalue weighted by Gasteiger charge is -2.39. The molecule has 24 heavy (non-hydrogen) atoms. The number of hydrogen-bond donors (Lipinski definition) is 1. The summed E-state index contributed by atoms with van der Waals surface area (Å²) in [6.07, 6.45) is 8.40. The summed E-state index contributed by atoms with van der Waals surface area (Å²) in [5, 5.41) is 3.45. The summed E-state index contributed by atoms with van der Waals surface area (Å²) < 4.78 is 5.54. The van der Waals surface area contributed by atoms with Crippen molar-refractivity contribution in [1.82, 2.24) is 10.2 Å². The molecular formula is C20H30N2O2. The van der Waals surface area contributed by atoms with E-state index in [1.165, 1.54) is 32.1 Å². The zero-order valence-electron chi connectivity index (χ0n) is 14.8. The fourth-order valence-electron chi connectivity index (χ4n) is 4.13. The maximum atomic E-state index is 13.3. The second-order valence-corrected chi connectivity index (χ2v) is 7.04. The van der Waals surface area contributed by atoms with Gasteiger partial charge < -0.3 is 15.0 Å². The Labute approximate surface area is 145 Å². The van der Waals surface area contributed by atoms with Crippen LogP contribution < -0.4 is 10.1 Å². The molecule has 0 bridgehead atoms. The highest BCUT2D eigenvalue weighted by atomic mass is 16.5. The van der Waals surface area contributed by atoms with Gasteiger partial charge in [0.2, 0.25) is 5.91 Å². The number of hydrogen-bond acceptors (Lipinski definition) is 3. The first kappa shape index (κ1) is 17.3. The van der Waals surface area contributed by atoms with Crippen LogP contribution >= 0.6 is 0 Å². The average molecular weight is 330 g/mol. The summed E-state index contributed by atoms with van der Waals surface area (Å²) >= 11 is 0. The Bertz CT molecular complexity index is 538. The third-order valence-corrected chi connectivity index (χ3v) is 5.48. The predicted octanol–water partition coefficient (Wildman–Crippen LogP) is 3.53. The van der Waals surface area contributed by atoms with E-state index in [1.54, 1.807) is 7.11 Å². The molecule has 1 atom stereocenters. The lowest BCUT2D eigenvalue weighted by molar-refractivity contribution is -0.139. The normalized spacial score (nSPS) is 23.4.